The SMILES string of the molecule is Cn1cc(CC(CN)c2ccc(F)cc2)cn1. The van der Waals surface area contributed by atoms with Crippen LogP contribution in [0.3, 0.4) is 0 Å². The molecule has 2 N–H and O–H groups in total. The molecule has 3 nitrogen and oxygen atoms in total. The number of nitrogens with two attached hydrogens (primary N) is 1. The average Bonchev–Trinajstić information content (AvgIpc) is 2.73. The van der Waals surface area contributed by atoms with Crippen LogP contribution in [0.5, 0.6) is 0 Å². The fourth-order valence-corrected chi connectivity index (χ4v) is 1.93. The van der Waals surface area contributed by atoms with Crippen LogP contribution in [0.25, 0.3) is 0 Å². The van der Waals surface area contributed by atoms with E-state index in [1.807, 2.05) is 19.4 Å². The van der Waals surface area contributed by atoms with Crippen molar-refractivity contribution in [3.05, 3.63) is 53.6 Å². The predicted octanol–water partition coefficient (Wildman–Crippen LogP) is 1.84. The molecule has 0 fully saturated rings. The molecule has 0 saturated heterocycles. The maximum atomic E-state index is 12.8. The summed E-state index contributed by atoms with van der Waals surface area (Å²) in [7, 11) is 1.89. The molecule has 0 radical (unpaired) electrons. The van der Waals surface area contributed by atoms with Gasteiger partial charge in [0, 0.05) is 19.2 Å². The Kier molecular flexibility index (Phi) is 3.54. The van der Waals surface area contributed by atoms with Gasteiger partial charge in [-0.1, -0.05) is 12.1 Å². The van der Waals surface area contributed by atoms with Crippen molar-refractivity contribution in [2.24, 2.45) is 12.8 Å². The molecule has 0 amide bonds. The third-order valence-electron chi connectivity index (χ3n) is 2.87. The summed E-state index contributed by atoms with van der Waals surface area (Å²) in [5.74, 6) is -0.00861. The predicted molar refractivity (Wildman–Crippen MR) is 65.1 cm³/mol. The number of hydrogen-bond donors (Lipinski definition) is 1. The molecule has 1 unspecified atom stereocenters. The molecular formula is C13H16FN3. The summed E-state index contributed by atoms with van der Waals surface area (Å²) in [6, 6.07) is 6.54. The summed E-state index contributed by atoms with van der Waals surface area (Å²) in [6.07, 6.45) is 4.65. The van der Waals surface area contributed by atoms with Crippen molar-refractivity contribution in [2.45, 2.75) is 12.3 Å². The van der Waals surface area contributed by atoms with Crippen LogP contribution in [0.15, 0.2) is 36.7 Å². The highest BCUT2D eigenvalue weighted by Gasteiger charge is 2.11. The molecule has 0 saturated carbocycles. The molecule has 0 spiro atoms. The molecular weight excluding hydrogens is 217 g/mol. The molecule has 2 rings (SSSR count). The minimum atomic E-state index is -0.217. The first kappa shape index (κ1) is 11.8. The Morgan fingerprint density at radius 3 is 2.59 bits per heavy atom. The first-order chi connectivity index (χ1) is 8.19. The van der Waals surface area contributed by atoms with Gasteiger partial charge in [-0.15, -0.1) is 0 Å². The van der Waals surface area contributed by atoms with E-state index < -0.39 is 0 Å². The Balaban J connectivity index is 2.13. The van der Waals surface area contributed by atoms with Gasteiger partial charge >= 0.3 is 0 Å². The lowest BCUT2D eigenvalue weighted by atomic mass is 9.93. The van der Waals surface area contributed by atoms with E-state index in [9.17, 15) is 4.39 Å². The van der Waals surface area contributed by atoms with Crippen molar-refractivity contribution < 1.29 is 4.39 Å². The molecule has 17 heavy (non-hydrogen) atoms. The van der Waals surface area contributed by atoms with Gasteiger partial charge in [-0.2, -0.15) is 5.10 Å². The lowest BCUT2D eigenvalue weighted by molar-refractivity contribution is 0.623. The van der Waals surface area contributed by atoms with Gasteiger partial charge in [-0.05, 0) is 36.2 Å². The normalized spacial score (nSPS) is 12.6. The Labute approximate surface area is 100 Å². The standard InChI is InChI=1S/C13H16FN3/c1-17-9-10(8-16-17)6-12(7-15)11-2-4-13(14)5-3-11/h2-5,8-9,12H,6-7,15H2,1H3. The molecule has 0 aliphatic heterocycles. The van der Waals surface area contributed by atoms with Crippen LogP contribution < -0.4 is 5.73 Å². The number of halogens is 1. The summed E-state index contributed by atoms with van der Waals surface area (Å²) in [6.45, 7) is 0.542. The van der Waals surface area contributed by atoms with Crippen molar-refractivity contribution in [1.82, 2.24) is 9.78 Å². The van der Waals surface area contributed by atoms with Crippen LogP contribution in [0.4, 0.5) is 4.39 Å². The van der Waals surface area contributed by atoms with Crippen LogP contribution in [0.1, 0.15) is 17.0 Å². The quantitative estimate of drug-likeness (QED) is 0.875. The zero-order valence-corrected chi connectivity index (χ0v) is 9.81. The Morgan fingerprint density at radius 1 is 1.35 bits per heavy atom. The summed E-state index contributed by atoms with van der Waals surface area (Å²) in [5.41, 5.74) is 7.99. The third kappa shape index (κ3) is 2.91. The first-order valence-electron chi connectivity index (χ1n) is 5.62. The minimum absolute atomic E-state index is 0.208. The summed E-state index contributed by atoms with van der Waals surface area (Å²) < 4.78 is 14.6. The van der Waals surface area contributed by atoms with Gasteiger partial charge in [0.05, 0.1) is 6.20 Å². The third-order valence-corrected chi connectivity index (χ3v) is 2.87. The lowest BCUT2D eigenvalue weighted by Gasteiger charge is -2.14. The van der Waals surface area contributed by atoms with E-state index in [4.69, 9.17) is 5.73 Å². The van der Waals surface area contributed by atoms with E-state index in [0.717, 1.165) is 17.5 Å². The highest BCUT2D eigenvalue weighted by molar-refractivity contribution is 5.23. The van der Waals surface area contributed by atoms with Crippen molar-refractivity contribution in [1.29, 1.82) is 0 Å². The maximum Gasteiger partial charge on any atom is 0.123 e. The molecule has 1 atom stereocenters. The summed E-state index contributed by atoms with van der Waals surface area (Å²) >= 11 is 0. The van der Waals surface area contributed by atoms with Gasteiger partial charge < -0.3 is 5.73 Å². The number of aryl methyl sites for hydroxylation is 1. The van der Waals surface area contributed by atoms with Crippen LogP contribution in [0, 0.1) is 5.82 Å². The van der Waals surface area contributed by atoms with Crippen molar-refractivity contribution in [3.63, 3.8) is 0 Å². The van der Waals surface area contributed by atoms with Gasteiger partial charge in [-0.3, -0.25) is 4.68 Å². The molecule has 4 heteroatoms. The molecule has 1 aromatic carbocycles. The zero-order chi connectivity index (χ0) is 12.3. The van der Waals surface area contributed by atoms with Crippen molar-refractivity contribution >= 4 is 0 Å². The topological polar surface area (TPSA) is 43.8 Å². The van der Waals surface area contributed by atoms with E-state index in [1.54, 1.807) is 16.8 Å². The summed E-state index contributed by atoms with van der Waals surface area (Å²) in [4.78, 5) is 0. The summed E-state index contributed by atoms with van der Waals surface area (Å²) in [5, 5.41) is 4.13. The van der Waals surface area contributed by atoms with Gasteiger partial charge in [-0.25, -0.2) is 4.39 Å². The largest absolute Gasteiger partial charge is 0.330 e. The van der Waals surface area contributed by atoms with Crippen LogP contribution in [0.2, 0.25) is 0 Å². The number of hydrogen-bond acceptors (Lipinski definition) is 2. The number of rotatable bonds is 4. The van der Waals surface area contributed by atoms with Crippen LogP contribution >= 0.6 is 0 Å². The van der Waals surface area contributed by atoms with Crippen molar-refractivity contribution in [3.8, 4) is 0 Å². The van der Waals surface area contributed by atoms with Gasteiger partial charge in [0.2, 0.25) is 0 Å². The fourth-order valence-electron chi connectivity index (χ4n) is 1.93. The monoisotopic (exact) mass is 233 g/mol. The van der Waals surface area contributed by atoms with Crippen LogP contribution in [-0.4, -0.2) is 16.3 Å². The van der Waals surface area contributed by atoms with Gasteiger partial charge in [0.15, 0.2) is 0 Å². The highest BCUT2D eigenvalue weighted by Crippen LogP contribution is 2.19. The van der Waals surface area contributed by atoms with Gasteiger partial charge in [0.1, 0.15) is 5.82 Å². The van der Waals surface area contributed by atoms with Crippen LogP contribution in [-0.2, 0) is 13.5 Å². The Bertz CT molecular complexity index is 476. The number of benzene rings is 1. The molecule has 1 heterocycles. The number of aromatic nitrogens is 2. The molecule has 1 aromatic heterocycles. The Hall–Kier alpha value is -1.68. The molecule has 0 bridgehead atoms. The van der Waals surface area contributed by atoms with E-state index in [2.05, 4.69) is 5.10 Å². The van der Waals surface area contributed by atoms with E-state index >= 15 is 0 Å². The fraction of sp³-hybridized carbons (Fsp3) is 0.308. The van der Waals surface area contributed by atoms with E-state index in [1.165, 1.54) is 12.1 Å². The highest BCUT2D eigenvalue weighted by atomic mass is 19.1. The second-order valence-electron chi connectivity index (χ2n) is 4.21. The molecule has 2 aromatic rings. The van der Waals surface area contributed by atoms with E-state index in [-0.39, 0.29) is 11.7 Å². The maximum absolute atomic E-state index is 12.8. The number of nitrogens with zero attached hydrogens (tertiary/aromatic N) is 2. The van der Waals surface area contributed by atoms with Gasteiger partial charge in [0.25, 0.3) is 0 Å². The first-order valence-corrected chi connectivity index (χ1v) is 5.62. The second-order valence-corrected chi connectivity index (χ2v) is 4.21. The lowest BCUT2D eigenvalue weighted by Crippen LogP contribution is -2.14. The zero-order valence-electron chi connectivity index (χ0n) is 9.81. The average molecular weight is 233 g/mol. The van der Waals surface area contributed by atoms with E-state index in [0.29, 0.717) is 6.54 Å². The van der Waals surface area contributed by atoms with Crippen molar-refractivity contribution in [2.75, 3.05) is 6.54 Å². The minimum Gasteiger partial charge on any atom is -0.330 e. The Morgan fingerprint density at radius 2 is 2.06 bits per heavy atom. The second kappa shape index (κ2) is 5.10. The smallest absolute Gasteiger partial charge is 0.123 e. The molecule has 90 valence electrons. The molecule has 0 aliphatic rings. The molecule has 0 aliphatic carbocycles.